The van der Waals surface area contributed by atoms with Crippen molar-refractivity contribution in [1.82, 2.24) is 14.8 Å². The summed E-state index contributed by atoms with van der Waals surface area (Å²) in [5, 5.41) is 32.4. The first-order valence-electron chi connectivity index (χ1n) is 7.24. The van der Waals surface area contributed by atoms with Crippen LogP contribution in [-0.2, 0) is 6.54 Å². The molecule has 0 saturated carbocycles. The van der Waals surface area contributed by atoms with E-state index < -0.39 is 16.8 Å². The van der Waals surface area contributed by atoms with Crippen LogP contribution in [0.5, 0.6) is 0 Å². The lowest BCUT2D eigenvalue weighted by Crippen LogP contribution is -2.53. The SMILES string of the molecule is CC1(O)C(O)C([N+](=O)[O-])=C2N(Cc3ccc(Cl)nc3)CCCN21. The van der Waals surface area contributed by atoms with Gasteiger partial charge in [0.25, 0.3) is 0 Å². The van der Waals surface area contributed by atoms with Crippen molar-refractivity contribution in [2.45, 2.75) is 31.7 Å². The van der Waals surface area contributed by atoms with E-state index in [4.69, 9.17) is 11.6 Å². The average Bonchev–Trinajstić information content (AvgIpc) is 2.70. The molecular weight excluding hydrogens is 324 g/mol. The Hall–Kier alpha value is -1.90. The Morgan fingerprint density at radius 3 is 2.87 bits per heavy atom. The van der Waals surface area contributed by atoms with Crippen molar-refractivity contribution in [2.24, 2.45) is 0 Å². The third-order valence-electron chi connectivity index (χ3n) is 4.28. The highest BCUT2D eigenvalue weighted by Crippen LogP contribution is 2.40. The van der Waals surface area contributed by atoms with Gasteiger partial charge in [0.05, 0.1) is 4.92 Å². The molecule has 0 aliphatic carbocycles. The lowest BCUT2D eigenvalue weighted by Gasteiger charge is -2.42. The molecule has 0 bridgehead atoms. The van der Waals surface area contributed by atoms with E-state index in [0.29, 0.717) is 24.8 Å². The molecule has 3 heterocycles. The summed E-state index contributed by atoms with van der Waals surface area (Å²) < 4.78 is 0. The molecule has 2 aliphatic heterocycles. The average molecular weight is 341 g/mol. The summed E-state index contributed by atoms with van der Waals surface area (Å²) in [7, 11) is 0. The van der Waals surface area contributed by atoms with Gasteiger partial charge in [-0.3, -0.25) is 10.1 Å². The Morgan fingerprint density at radius 1 is 1.52 bits per heavy atom. The molecular formula is C14H17ClN4O4. The molecule has 1 fully saturated rings. The number of fused-ring (bicyclic) bond motifs is 1. The fourth-order valence-electron chi connectivity index (χ4n) is 3.13. The zero-order valence-corrected chi connectivity index (χ0v) is 13.3. The minimum Gasteiger partial charge on any atom is -0.378 e. The molecule has 1 saturated heterocycles. The van der Waals surface area contributed by atoms with Gasteiger partial charge in [-0.05, 0) is 25.0 Å². The van der Waals surface area contributed by atoms with Crippen molar-refractivity contribution in [2.75, 3.05) is 13.1 Å². The molecule has 8 nitrogen and oxygen atoms in total. The van der Waals surface area contributed by atoms with Crippen molar-refractivity contribution in [1.29, 1.82) is 0 Å². The minimum atomic E-state index is -1.69. The quantitative estimate of drug-likeness (QED) is 0.476. The van der Waals surface area contributed by atoms with Crippen molar-refractivity contribution >= 4 is 11.6 Å². The smallest absolute Gasteiger partial charge is 0.319 e. The number of nitrogens with zero attached hydrogens (tertiary/aromatic N) is 4. The van der Waals surface area contributed by atoms with Crippen LogP contribution in [0.15, 0.2) is 29.8 Å². The monoisotopic (exact) mass is 340 g/mol. The van der Waals surface area contributed by atoms with Crippen LogP contribution in [0.1, 0.15) is 18.9 Å². The zero-order chi connectivity index (χ0) is 16.8. The Labute approximate surface area is 137 Å². The van der Waals surface area contributed by atoms with Crippen molar-refractivity contribution in [3.8, 4) is 0 Å². The third-order valence-corrected chi connectivity index (χ3v) is 4.50. The molecule has 2 N–H and O–H groups in total. The van der Waals surface area contributed by atoms with Crippen LogP contribution in [0.3, 0.4) is 0 Å². The van der Waals surface area contributed by atoms with Gasteiger partial charge in [0.2, 0.25) is 0 Å². The maximum Gasteiger partial charge on any atom is 0.319 e. The number of aliphatic hydroxyl groups excluding tert-OH is 1. The first-order valence-corrected chi connectivity index (χ1v) is 7.62. The minimum absolute atomic E-state index is 0.272. The van der Waals surface area contributed by atoms with E-state index in [1.807, 2.05) is 0 Å². The molecule has 1 aromatic heterocycles. The summed E-state index contributed by atoms with van der Waals surface area (Å²) in [4.78, 5) is 18.1. The maximum atomic E-state index is 11.4. The van der Waals surface area contributed by atoms with E-state index in [1.165, 1.54) is 11.8 Å². The van der Waals surface area contributed by atoms with E-state index >= 15 is 0 Å². The van der Waals surface area contributed by atoms with Crippen molar-refractivity contribution in [3.05, 3.63) is 50.7 Å². The first kappa shape index (κ1) is 16.0. The van der Waals surface area contributed by atoms with Gasteiger partial charge in [-0.1, -0.05) is 17.7 Å². The number of aromatic nitrogens is 1. The second kappa shape index (κ2) is 5.63. The highest BCUT2D eigenvalue weighted by atomic mass is 35.5. The Morgan fingerprint density at radius 2 is 2.26 bits per heavy atom. The van der Waals surface area contributed by atoms with Crippen LogP contribution < -0.4 is 0 Å². The van der Waals surface area contributed by atoms with Gasteiger partial charge in [-0.15, -0.1) is 0 Å². The van der Waals surface area contributed by atoms with Gasteiger partial charge >= 0.3 is 5.70 Å². The highest BCUT2D eigenvalue weighted by Gasteiger charge is 2.56. The molecule has 124 valence electrons. The van der Waals surface area contributed by atoms with Crippen LogP contribution in [0.4, 0.5) is 0 Å². The van der Waals surface area contributed by atoms with Crippen LogP contribution >= 0.6 is 11.6 Å². The second-order valence-corrected chi connectivity index (χ2v) is 6.27. The first-order chi connectivity index (χ1) is 10.8. The topological polar surface area (TPSA) is 103 Å². The van der Waals surface area contributed by atoms with Gasteiger partial charge in [-0.25, -0.2) is 4.98 Å². The number of pyridine rings is 1. The van der Waals surface area contributed by atoms with E-state index in [1.54, 1.807) is 23.2 Å². The van der Waals surface area contributed by atoms with E-state index in [2.05, 4.69) is 4.98 Å². The van der Waals surface area contributed by atoms with Crippen molar-refractivity contribution in [3.63, 3.8) is 0 Å². The lowest BCUT2D eigenvalue weighted by molar-refractivity contribution is -0.439. The van der Waals surface area contributed by atoms with E-state index in [0.717, 1.165) is 12.0 Å². The van der Waals surface area contributed by atoms with Gasteiger partial charge in [0.1, 0.15) is 5.15 Å². The second-order valence-electron chi connectivity index (χ2n) is 5.88. The Balaban J connectivity index is 1.97. The number of halogens is 1. The summed E-state index contributed by atoms with van der Waals surface area (Å²) in [6, 6.07) is 3.45. The number of rotatable bonds is 3. The number of hydrogen-bond donors (Lipinski definition) is 2. The molecule has 0 amide bonds. The van der Waals surface area contributed by atoms with Crippen molar-refractivity contribution < 1.29 is 15.1 Å². The highest BCUT2D eigenvalue weighted by molar-refractivity contribution is 6.29. The van der Waals surface area contributed by atoms with Gasteiger partial charge in [0.15, 0.2) is 17.6 Å². The van der Waals surface area contributed by atoms with Gasteiger partial charge in [0, 0.05) is 25.8 Å². The Kier molecular flexibility index (Phi) is 3.91. The molecule has 0 radical (unpaired) electrons. The molecule has 1 aromatic rings. The van der Waals surface area contributed by atoms with Crippen LogP contribution in [0.2, 0.25) is 5.15 Å². The summed E-state index contributed by atoms with van der Waals surface area (Å²) in [6.45, 7) is 2.82. The third kappa shape index (κ3) is 2.62. The molecule has 9 heteroatoms. The molecule has 2 atom stereocenters. The zero-order valence-electron chi connectivity index (χ0n) is 12.5. The molecule has 2 aliphatic rings. The fourth-order valence-corrected chi connectivity index (χ4v) is 3.24. The number of aliphatic hydroxyl groups is 2. The molecule has 0 spiro atoms. The molecule has 3 rings (SSSR count). The van der Waals surface area contributed by atoms with Gasteiger partial charge < -0.3 is 20.0 Å². The standard InChI is InChI=1S/C14H17ClN4O4/c1-14(21)12(20)11(19(22)23)13-17(5-2-6-18(13)14)8-9-3-4-10(15)16-7-9/h3-4,7,12,20-21H,2,5-6,8H2,1H3. The lowest BCUT2D eigenvalue weighted by atomic mass is 10.1. The Bertz CT molecular complexity index is 661. The number of nitro groups is 1. The predicted molar refractivity (Wildman–Crippen MR) is 81.6 cm³/mol. The maximum absolute atomic E-state index is 11.4. The normalized spacial score (nSPS) is 27.4. The molecule has 23 heavy (non-hydrogen) atoms. The molecule has 2 unspecified atom stereocenters. The van der Waals surface area contributed by atoms with Crippen LogP contribution in [-0.4, -0.2) is 54.8 Å². The van der Waals surface area contributed by atoms with Crippen LogP contribution in [0.25, 0.3) is 0 Å². The molecule has 0 aromatic carbocycles. The van der Waals surface area contributed by atoms with Gasteiger partial charge in [-0.2, -0.15) is 0 Å². The fraction of sp³-hybridized carbons (Fsp3) is 0.500. The van der Waals surface area contributed by atoms with E-state index in [9.17, 15) is 20.3 Å². The largest absolute Gasteiger partial charge is 0.378 e. The number of hydrogen-bond acceptors (Lipinski definition) is 7. The van der Waals surface area contributed by atoms with Crippen LogP contribution in [0, 0.1) is 10.1 Å². The summed E-state index contributed by atoms with van der Waals surface area (Å²) in [5.41, 5.74) is -1.21. The van der Waals surface area contributed by atoms with E-state index in [-0.39, 0.29) is 11.5 Å². The predicted octanol–water partition coefficient (Wildman–Crippen LogP) is 0.772. The summed E-state index contributed by atoms with van der Waals surface area (Å²) in [6.07, 6.45) is 0.770. The summed E-state index contributed by atoms with van der Waals surface area (Å²) in [5.74, 6) is 0.272. The summed E-state index contributed by atoms with van der Waals surface area (Å²) >= 11 is 5.77.